The normalized spacial score (nSPS) is 10.8. The molecule has 0 heterocycles. The quantitative estimate of drug-likeness (QED) is 0.453. The van der Waals surface area contributed by atoms with Gasteiger partial charge in [-0.3, -0.25) is 10.1 Å². The summed E-state index contributed by atoms with van der Waals surface area (Å²) in [5.74, 6) is 0.412. The number of nitro groups is 1. The van der Waals surface area contributed by atoms with Crippen molar-refractivity contribution in [3.8, 4) is 11.8 Å². The van der Waals surface area contributed by atoms with E-state index in [1.165, 1.54) is 12.1 Å². The molecule has 0 saturated heterocycles. The SMILES string of the molecule is CC(C)(C#N)CCOc1ccc(CCl)cc1[N+](=O)[O-]. The highest BCUT2D eigenvalue weighted by atomic mass is 35.5. The molecule has 0 fully saturated rings. The van der Waals surface area contributed by atoms with Gasteiger partial charge in [-0.25, -0.2) is 0 Å². The molecule has 102 valence electrons. The van der Waals surface area contributed by atoms with E-state index >= 15 is 0 Å². The number of ether oxygens (including phenoxy) is 1. The fraction of sp³-hybridized carbons (Fsp3) is 0.462. The van der Waals surface area contributed by atoms with Gasteiger partial charge in [0, 0.05) is 11.9 Å². The molecule has 1 rings (SSSR count). The lowest BCUT2D eigenvalue weighted by Gasteiger charge is -2.15. The molecule has 0 saturated carbocycles. The number of nitro benzene ring substituents is 1. The Hall–Kier alpha value is -1.80. The molecule has 0 spiro atoms. The Morgan fingerprint density at radius 1 is 1.53 bits per heavy atom. The van der Waals surface area contributed by atoms with Crippen molar-refractivity contribution >= 4 is 17.3 Å². The molecule has 0 aliphatic carbocycles. The standard InChI is InChI=1S/C13H15ClN2O3/c1-13(2,9-15)5-6-19-12-4-3-10(8-14)7-11(12)16(17)18/h3-4,7H,5-6,8H2,1-2H3. The Kier molecular flexibility index (Phi) is 5.13. The second-order valence-electron chi connectivity index (χ2n) is 4.79. The summed E-state index contributed by atoms with van der Waals surface area (Å²) in [6.07, 6.45) is 0.498. The van der Waals surface area contributed by atoms with Gasteiger partial charge in [-0.05, 0) is 31.9 Å². The molecule has 0 N–H and O–H groups in total. The second-order valence-corrected chi connectivity index (χ2v) is 5.05. The molecule has 19 heavy (non-hydrogen) atoms. The molecule has 0 aliphatic heterocycles. The molecule has 1 aromatic carbocycles. The Morgan fingerprint density at radius 3 is 2.74 bits per heavy atom. The van der Waals surface area contributed by atoms with Crippen molar-refractivity contribution in [3.05, 3.63) is 33.9 Å². The molecule has 5 nitrogen and oxygen atoms in total. The number of nitriles is 1. The number of rotatable bonds is 6. The first-order chi connectivity index (χ1) is 8.89. The van der Waals surface area contributed by atoms with E-state index in [2.05, 4.69) is 6.07 Å². The molecular weight excluding hydrogens is 268 g/mol. The third kappa shape index (κ3) is 4.42. The zero-order valence-corrected chi connectivity index (χ0v) is 11.6. The van der Waals surface area contributed by atoms with E-state index in [1.807, 2.05) is 0 Å². The number of halogens is 1. The fourth-order valence-corrected chi connectivity index (χ4v) is 1.55. The first kappa shape index (κ1) is 15.3. The zero-order chi connectivity index (χ0) is 14.5. The van der Waals surface area contributed by atoms with Crippen LogP contribution in [0.3, 0.4) is 0 Å². The molecule has 0 bridgehead atoms. The van der Waals surface area contributed by atoms with Crippen LogP contribution in [0.1, 0.15) is 25.8 Å². The molecule has 0 unspecified atom stereocenters. The zero-order valence-electron chi connectivity index (χ0n) is 10.9. The summed E-state index contributed by atoms with van der Waals surface area (Å²) in [5.41, 5.74) is 0.0520. The average molecular weight is 283 g/mol. The van der Waals surface area contributed by atoms with Gasteiger partial charge in [-0.1, -0.05) is 6.07 Å². The highest BCUT2D eigenvalue weighted by molar-refractivity contribution is 6.17. The van der Waals surface area contributed by atoms with Crippen LogP contribution in [-0.2, 0) is 5.88 Å². The fourth-order valence-electron chi connectivity index (χ4n) is 1.38. The Labute approximate surface area is 116 Å². The van der Waals surface area contributed by atoms with Crippen molar-refractivity contribution < 1.29 is 9.66 Å². The molecule has 0 radical (unpaired) electrons. The summed E-state index contributed by atoms with van der Waals surface area (Å²) in [6.45, 7) is 3.84. The van der Waals surface area contributed by atoms with Gasteiger partial charge < -0.3 is 4.74 Å². The first-order valence-corrected chi connectivity index (χ1v) is 6.30. The number of nitrogens with zero attached hydrogens (tertiary/aromatic N) is 2. The smallest absolute Gasteiger partial charge is 0.311 e. The Bertz CT molecular complexity index is 509. The minimum Gasteiger partial charge on any atom is -0.487 e. The molecule has 0 aliphatic rings. The summed E-state index contributed by atoms with van der Waals surface area (Å²) in [5, 5.41) is 19.8. The summed E-state index contributed by atoms with van der Waals surface area (Å²) in [4.78, 5) is 10.4. The van der Waals surface area contributed by atoms with Gasteiger partial charge in [0.05, 0.1) is 23.0 Å². The van der Waals surface area contributed by atoms with Crippen molar-refractivity contribution in [2.45, 2.75) is 26.1 Å². The topological polar surface area (TPSA) is 76.2 Å². The van der Waals surface area contributed by atoms with Crippen molar-refractivity contribution in [2.75, 3.05) is 6.61 Å². The number of benzene rings is 1. The van der Waals surface area contributed by atoms with Crippen LogP contribution < -0.4 is 4.74 Å². The third-order valence-corrected chi connectivity index (χ3v) is 2.97. The first-order valence-electron chi connectivity index (χ1n) is 5.77. The van der Waals surface area contributed by atoms with Crippen LogP contribution in [0, 0.1) is 26.9 Å². The van der Waals surface area contributed by atoms with E-state index in [-0.39, 0.29) is 23.9 Å². The van der Waals surface area contributed by atoms with E-state index in [9.17, 15) is 10.1 Å². The molecule has 0 aromatic heterocycles. The average Bonchev–Trinajstić information content (AvgIpc) is 2.38. The largest absolute Gasteiger partial charge is 0.487 e. The minimum absolute atomic E-state index is 0.104. The van der Waals surface area contributed by atoms with E-state index < -0.39 is 10.3 Å². The lowest BCUT2D eigenvalue weighted by atomic mass is 9.92. The van der Waals surface area contributed by atoms with Crippen LogP contribution in [0.2, 0.25) is 0 Å². The summed E-state index contributed by atoms with van der Waals surface area (Å²) in [7, 11) is 0. The van der Waals surface area contributed by atoms with Crippen molar-refractivity contribution in [1.29, 1.82) is 5.26 Å². The number of alkyl halides is 1. The lowest BCUT2D eigenvalue weighted by molar-refractivity contribution is -0.385. The maximum atomic E-state index is 10.9. The molecule has 6 heteroatoms. The molecule has 0 atom stereocenters. The number of hydrogen-bond donors (Lipinski definition) is 0. The van der Waals surface area contributed by atoms with E-state index in [1.54, 1.807) is 19.9 Å². The maximum absolute atomic E-state index is 10.9. The van der Waals surface area contributed by atoms with Crippen molar-refractivity contribution in [1.82, 2.24) is 0 Å². The Balaban J connectivity index is 2.79. The van der Waals surface area contributed by atoms with Crippen LogP contribution in [0.15, 0.2) is 18.2 Å². The van der Waals surface area contributed by atoms with Gasteiger partial charge in [0.2, 0.25) is 0 Å². The van der Waals surface area contributed by atoms with Crippen LogP contribution >= 0.6 is 11.6 Å². The predicted molar refractivity (Wildman–Crippen MR) is 72.2 cm³/mol. The maximum Gasteiger partial charge on any atom is 0.311 e. The van der Waals surface area contributed by atoms with Gasteiger partial charge in [-0.2, -0.15) is 5.26 Å². The number of hydrogen-bond acceptors (Lipinski definition) is 4. The highest BCUT2D eigenvalue weighted by Crippen LogP contribution is 2.29. The molecule has 0 amide bonds. The molecule has 1 aromatic rings. The van der Waals surface area contributed by atoms with Gasteiger partial charge in [-0.15, -0.1) is 11.6 Å². The van der Waals surface area contributed by atoms with Gasteiger partial charge >= 0.3 is 5.69 Å². The highest BCUT2D eigenvalue weighted by Gasteiger charge is 2.19. The van der Waals surface area contributed by atoms with E-state index in [0.717, 1.165) is 0 Å². The minimum atomic E-state index is -0.509. The van der Waals surface area contributed by atoms with Gasteiger partial charge in [0.15, 0.2) is 5.75 Å². The van der Waals surface area contributed by atoms with Crippen molar-refractivity contribution in [3.63, 3.8) is 0 Å². The van der Waals surface area contributed by atoms with Gasteiger partial charge in [0.25, 0.3) is 0 Å². The summed E-state index contributed by atoms with van der Waals surface area (Å²) >= 11 is 5.64. The third-order valence-electron chi connectivity index (χ3n) is 2.66. The van der Waals surface area contributed by atoms with E-state index in [0.29, 0.717) is 12.0 Å². The second kappa shape index (κ2) is 6.39. The monoisotopic (exact) mass is 282 g/mol. The lowest BCUT2D eigenvalue weighted by Crippen LogP contribution is -2.13. The summed E-state index contributed by atoms with van der Waals surface area (Å²) < 4.78 is 5.40. The van der Waals surface area contributed by atoms with E-state index in [4.69, 9.17) is 21.6 Å². The van der Waals surface area contributed by atoms with Crippen molar-refractivity contribution in [2.24, 2.45) is 5.41 Å². The van der Waals surface area contributed by atoms with Crippen LogP contribution in [-0.4, -0.2) is 11.5 Å². The van der Waals surface area contributed by atoms with Crippen LogP contribution in [0.5, 0.6) is 5.75 Å². The summed E-state index contributed by atoms with van der Waals surface area (Å²) in [6, 6.07) is 6.77. The van der Waals surface area contributed by atoms with Crippen LogP contribution in [0.4, 0.5) is 5.69 Å². The van der Waals surface area contributed by atoms with Gasteiger partial charge in [0.1, 0.15) is 0 Å². The molecular formula is C13H15ClN2O3. The Morgan fingerprint density at radius 2 is 2.21 bits per heavy atom. The predicted octanol–water partition coefficient (Wildman–Crippen LogP) is 3.65. The van der Waals surface area contributed by atoms with Crippen LogP contribution in [0.25, 0.3) is 0 Å².